The highest BCUT2D eigenvalue weighted by atomic mass is 35.5. The van der Waals surface area contributed by atoms with Crippen molar-refractivity contribution in [2.24, 2.45) is 5.92 Å². The summed E-state index contributed by atoms with van der Waals surface area (Å²) in [4.78, 5) is 0. The minimum absolute atomic E-state index is 0.327. The average molecular weight is 285 g/mol. The highest BCUT2D eigenvalue weighted by Gasteiger charge is 2.19. The lowest BCUT2D eigenvalue weighted by Gasteiger charge is -2.23. The third kappa shape index (κ3) is 5.04. The first-order valence-corrected chi connectivity index (χ1v) is 7.50. The SMILES string of the molecule is CCCC(CCC)C(O)Cc1cc(Cl)ccc1OC. The van der Waals surface area contributed by atoms with Crippen LogP contribution in [-0.4, -0.2) is 18.3 Å². The van der Waals surface area contributed by atoms with Gasteiger partial charge in [0.25, 0.3) is 0 Å². The number of halogens is 1. The van der Waals surface area contributed by atoms with Gasteiger partial charge in [0.2, 0.25) is 0 Å². The fourth-order valence-electron chi connectivity index (χ4n) is 2.57. The largest absolute Gasteiger partial charge is 0.496 e. The van der Waals surface area contributed by atoms with E-state index < -0.39 is 0 Å². The Kier molecular flexibility index (Phi) is 7.25. The van der Waals surface area contributed by atoms with Crippen LogP contribution in [0.5, 0.6) is 5.75 Å². The van der Waals surface area contributed by atoms with E-state index >= 15 is 0 Å². The van der Waals surface area contributed by atoms with E-state index in [4.69, 9.17) is 16.3 Å². The van der Waals surface area contributed by atoms with Crippen molar-refractivity contribution in [2.45, 2.75) is 52.1 Å². The quantitative estimate of drug-likeness (QED) is 0.763. The molecule has 3 heteroatoms. The standard InChI is InChI=1S/C16H25ClO2/c1-4-6-12(7-5-2)15(18)11-13-10-14(17)8-9-16(13)19-3/h8-10,12,15,18H,4-7,11H2,1-3H3. The van der Waals surface area contributed by atoms with Gasteiger partial charge in [0.15, 0.2) is 0 Å². The second kappa shape index (κ2) is 8.44. The maximum Gasteiger partial charge on any atom is 0.122 e. The van der Waals surface area contributed by atoms with Crippen LogP contribution >= 0.6 is 11.6 Å². The van der Waals surface area contributed by atoms with E-state index in [0.29, 0.717) is 17.4 Å². The van der Waals surface area contributed by atoms with Crippen molar-refractivity contribution in [1.29, 1.82) is 0 Å². The zero-order chi connectivity index (χ0) is 14.3. The van der Waals surface area contributed by atoms with Crippen molar-refractivity contribution >= 4 is 11.6 Å². The molecule has 1 atom stereocenters. The van der Waals surface area contributed by atoms with E-state index in [-0.39, 0.29) is 6.10 Å². The zero-order valence-electron chi connectivity index (χ0n) is 12.2. The van der Waals surface area contributed by atoms with Crippen LogP contribution in [0.15, 0.2) is 18.2 Å². The lowest BCUT2D eigenvalue weighted by molar-refractivity contribution is 0.0957. The molecule has 1 N–H and O–H groups in total. The number of rotatable bonds is 8. The Morgan fingerprint density at radius 2 is 1.84 bits per heavy atom. The van der Waals surface area contributed by atoms with Gasteiger partial charge < -0.3 is 9.84 Å². The second-order valence-electron chi connectivity index (χ2n) is 5.07. The van der Waals surface area contributed by atoms with Gasteiger partial charge in [-0.25, -0.2) is 0 Å². The van der Waals surface area contributed by atoms with Crippen molar-refractivity contribution in [1.82, 2.24) is 0 Å². The molecule has 0 radical (unpaired) electrons. The topological polar surface area (TPSA) is 29.5 Å². The van der Waals surface area contributed by atoms with Gasteiger partial charge in [0, 0.05) is 11.4 Å². The number of methoxy groups -OCH3 is 1. The van der Waals surface area contributed by atoms with Crippen LogP contribution in [0.1, 0.15) is 45.1 Å². The van der Waals surface area contributed by atoms with Gasteiger partial charge in [0.1, 0.15) is 5.75 Å². The van der Waals surface area contributed by atoms with Gasteiger partial charge in [-0.3, -0.25) is 0 Å². The fourth-order valence-corrected chi connectivity index (χ4v) is 2.76. The monoisotopic (exact) mass is 284 g/mol. The predicted molar refractivity (Wildman–Crippen MR) is 81.0 cm³/mol. The first kappa shape index (κ1) is 16.3. The molecule has 0 fully saturated rings. The van der Waals surface area contributed by atoms with Gasteiger partial charge in [-0.1, -0.05) is 38.3 Å². The summed E-state index contributed by atoms with van der Waals surface area (Å²) in [6, 6.07) is 5.56. The first-order chi connectivity index (χ1) is 9.12. The lowest BCUT2D eigenvalue weighted by Crippen LogP contribution is -2.23. The summed E-state index contributed by atoms with van der Waals surface area (Å²) < 4.78 is 5.33. The van der Waals surface area contributed by atoms with Crippen LogP contribution in [0, 0.1) is 5.92 Å². The highest BCUT2D eigenvalue weighted by molar-refractivity contribution is 6.30. The summed E-state index contributed by atoms with van der Waals surface area (Å²) in [7, 11) is 1.65. The summed E-state index contributed by atoms with van der Waals surface area (Å²) in [6.45, 7) is 4.32. The summed E-state index contributed by atoms with van der Waals surface area (Å²) in [5.74, 6) is 1.16. The van der Waals surface area contributed by atoms with Gasteiger partial charge >= 0.3 is 0 Å². The van der Waals surface area contributed by atoms with Crippen LogP contribution in [0.4, 0.5) is 0 Å². The van der Waals surface area contributed by atoms with Crippen molar-refractivity contribution in [3.05, 3.63) is 28.8 Å². The molecule has 2 nitrogen and oxygen atoms in total. The molecule has 0 aromatic heterocycles. The molecule has 1 unspecified atom stereocenters. The first-order valence-electron chi connectivity index (χ1n) is 7.12. The molecule has 0 saturated carbocycles. The number of aliphatic hydroxyl groups excluding tert-OH is 1. The summed E-state index contributed by atoms with van der Waals surface area (Å²) in [5.41, 5.74) is 0.986. The number of hydrogen-bond donors (Lipinski definition) is 1. The second-order valence-corrected chi connectivity index (χ2v) is 5.50. The molecule has 0 saturated heterocycles. The molecule has 0 bridgehead atoms. The Balaban J connectivity index is 2.78. The van der Waals surface area contributed by atoms with E-state index in [1.54, 1.807) is 7.11 Å². The van der Waals surface area contributed by atoms with Crippen molar-refractivity contribution in [3.8, 4) is 5.75 Å². The molecule has 108 valence electrons. The summed E-state index contributed by atoms with van der Waals surface area (Å²) in [6.07, 6.45) is 4.62. The van der Waals surface area contributed by atoms with Crippen molar-refractivity contribution in [2.75, 3.05) is 7.11 Å². The van der Waals surface area contributed by atoms with Crippen LogP contribution in [0.3, 0.4) is 0 Å². The molecule has 0 aliphatic heterocycles. The molecule has 0 amide bonds. The number of aliphatic hydroxyl groups is 1. The molecule has 1 rings (SSSR count). The van der Waals surface area contributed by atoms with Crippen LogP contribution in [0.25, 0.3) is 0 Å². The normalized spacial score (nSPS) is 12.7. The molecule has 0 heterocycles. The predicted octanol–water partition coefficient (Wildman–Crippen LogP) is 4.47. The van der Waals surface area contributed by atoms with Crippen molar-refractivity contribution in [3.63, 3.8) is 0 Å². The molecule has 0 spiro atoms. The Labute approximate surface area is 121 Å². The Hall–Kier alpha value is -0.730. The van der Waals surface area contributed by atoms with Gasteiger partial charge in [-0.15, -0.1) is 0 Å². The molecule has 1 aromatic carbocycles. The van der Waals surface area contributed by atoms with E-state index in [1.165, 1.54) is 0 Å². The van der Waals surface area contributed by atoms with Crippen LogP contribution < -0.4 is 4.74 Å². The van der Waals surface area contributed by atoms with E-state index in [1.807, 2.05) is 18.2 Å². The molecule has 0 aliphatic rings. The Morgan fingerprint density at radius 3 is 2.37 bits per heavy atom. The van der Waals surface area contributed by atoms with Crippen molar-refractivity contribution < 1.29 is 9.84 Å². The van der Waals surface area contributed by atoms with E-state index in [2.05, 4.69) is 13.8 Å². The summed E-state index contributed by atoms with van der Waals surface area (Å²) in [5, 5.41) is 11.1. The van der Waals surface area contributed by atoms with Gasteiger partial charge in [0.05, 0.1) is 13.2 Å². The highest BCUT2D eigenvalue weighted by Crippen LogP contribution is 2.27. The third-order valence-corrected chi connectivity index (χ3v) is 3.77. The Morgan fingerprint density at radius 1 is 1.21 bits per heavy atom. The molecule has 0 aliphatic carbocycles. The maximum absolute atomic E-state index is 10.4. The average Bonchev–Trinajstić information content (AvgIpc) is 2.38. The smallest absolute Gasteiger partial charge is 0.122 e. The minimum Gasteiger partial charge on any atom is -0.496 e. The number of hydrogen-bond acceptors (Lipinski definition) is 2. The van der Waals surface area contributed by atoms with Gasteiger partial charge in [-0.05, 0) is 42.5 Å². The lowest BCUT2D eigenvalue weighted by atomic mass is 9.88. The third-order valence-electron chi connectivity index (χ3n) is 3.53. The zero-order valence-corrected chi connectivity index (χ0v) is 12.9. The molecular weight excluding hydrogens is 260 g/mol. The number of benzene rings is 1. The fraction of sp³-hybridized carbons (Fsp3) is 0.625. The minimum atomic E-state index is -0.327. The molecular formula is C16H25ClO2. The number of ether oxygens (including phenoxy) is 1. The summed E-state index contributed by atoms with van der Waals surface area (Å²) >= 11 is 6.02. The molecule has 1 aromatic rings. The van der Waals surface area contributed by atoms with Crippen LogP contribution in [0.2, 0.25) is 5.02 Å². The maximum atomic E-state index is 10.4. The Bertz CT molecular complexity index is 373. The molecule has 19 heavy (non-hydrogen) atoms. The van der Waals surface area contributed by atoms with E-state index in [9.17, 15) is 5.11 Å². The van der Waals surface area contributed by atoms with Gasteiger partial charge in [-0.2, -0.15) is 0 Å². The van der Waals surface area contributed by atoms with Crippen LogP contribution in [-0.2, 0) is 6.42 Å². The van der Waals surface area contributed by atoms with E-state index in [0.717, 1.165) is 37.0 Å².